The predicted octanol–water partition coefficient (Wildman–Crippen LogP) is 4.50. The van der Waals surface area contributed by atoms with Crippen LogP contribution in [0.1, 0.15) is 21.5 Å². The molecule has 100 valence electrons. The molecule has 0 N–H and O–H groups in total. The van der Waals surface area contributed by atoms with Gasteiger partial charge in [-0.2, -0.15) is 0 Å². The summed E-state index contributed by atoms with van der Waals surface area (Å²) in [5.74, 6) is -2.82. The second-order valence-corrected chi connectivity index (χ2v) is 4.14. The Morgan fingerprint density at radius 1 is 0.950 bits per heavy atom. The van der Waals surface area contributed by atoms with Crippen LogP contribution >= 0.6 is 0 Å². The zero-order valence-corrected chi connectivity index (χ0v) is 10.6. The number of carbonyl (C=O) groups is 1. The van der Waals surface area contributed by atoms with E-state index in [1.807, 2.05) is 30.3 Å². The Hall–Kier alpha value is -2.55. The van der Waals surface area contributed by atoms with Gasteiger partial charge in [0, 0.05) is 5.56 Å². The highest BCUT2D eigenvalue weighted by molar-refractivity contribution is 6.04. The third-order valence-electron chi connectivity index (χ3n) is 2.82. The average Bonchev–Trinajstić information content (AvgIpc) is 2.49. The van der Waals surface area contributed by atoms with Crippen LogP contribution in [-0.2, 0) is 0 Å². The molecule has 0 saturated carbocycles. The molecule has 0 fully saturated rings. The lowest BCUT2D eigenvalue weighted by Crippen LogP contribution is -2.02. The first-order valence-corrected chi connectivity index (χ1v) is 6.01. The number of rotatable bonds is 4. The van der Waals surface area contributed by atoms with E-state index in [4.69, 9.17) is 0 Å². The molecule has 2 rings (SSSR count). The SMILES string of the molecule is C=CC(=O)c1ccc(C=Cc2ccccc2)c(F)c1F. The Morgan fingerprint density at radius 2 is 1.65 bits per heavy atom. The van der Waals surface area contributed by atoms with Crippen LogP contribution in [0.5, 0.6) is 0 Å². The summed E-state index contributed by atoms with van der Waals surface area (Å²) in [7, 11) is 0. The van der Waals surface area contributed by atoms with E-state index in [2.05, 4.69) is 6.58 Å². The van der Waals surface area contributed by atoms with E-state index >= 15 is 0 Å². The van der Waals surface area contributed by atoms with Crippen molar-refractivity contribution in [2.24, 2.45) is 0 Å². The van der Waals surface area contributed by atoms with E-state index in [0.29, 0.717) is 0 Å². The van der Waals surface area contributed by atoms with E-state index in [1.54, 1.807) is 6.08 Å². The van der Waals surface area contributed by atoms with Gasteiger partial charge < -0.3 is 0 Å². The molecule has 0 saturated heterocycles. The van der Waals surface area contributed by atoms with Crippen molar-refractivity contribution >= 4 is 17.9 Å². The molecular weight excluding hydrogens is 258 g/mol. The molecule has 2 aromatic carbocycles. The first-order chi connectivity index (χ1) is 9.63. The van der Waals surface area contributed by atoms with E-state index in [0.717, 1.165) is 11.6 Å². The lowest BCUT2D eigenvalue weighted by atomic mass is 10.1. The smallest absolute Gasteiger partial charge is 0.188 e. The maximum atomic E-state index is 13.8. The molecule has 0 aliphatic carbocycles. The number of halogens is 2. The van der Waals surface area contributed by atoms with E-state index in [1.165, 1.54) is 18.2 Å². The average molecular weight is 270 g/mol. The lowest BCUT2D eigenvalue weighted by molar-refractivity contribution is 0.104. The van der Waals surface area contributed by atoms with E-state index in [-0.39, 0.29) is 11.1 Å². The van der Waals surface area contributed by atoms with Gasteiger partial charge in [-0.25, -0.2) is 8.78 Å². The number of ketones is 1. The van der Waals surface area contributed by atoms with Crippen LogP contribution in [0.15, 0.2) is 55.1 Å². The molecule has 1 nitrogen and oxygen atoms in total. The second-order valence-electron chi connectivity index (χ2n) is 4.14. The summed E-state index contributed by atoms with van der Waals surface area (Å²) in [6.07, 6.45) is 4.10. The molecule has 0 bridgehead atoms. The van der Waals surface area contributed by atoms with Crippen LogP contribution in [0, 0.1) is 11.6 Å². The molecule has 0 spiro atoms. The molecule has 3 heteroatoms. The minimum Gasteiger partial charge on any atom is -0.289 e. The Kier molecular flexibility index (Phi) is 4.20. The highest BCUT2D eigenvalue weighted by Crippen LogP contribution is 2.19. The van der Waals surface area contributed by atoms with Crippen LogP contribution in [-0.4, -0.2) is 5.78 Å². The van der Waals surface area contributed by atoms with Crippen molar-refractivity contribution in [2.75, 3.05) is 0 Å². The third kappa shape index (κ3) is 2.88. The number of benzene rings is 2. The van der Waals surface area contributed by atoms with Gasteiger partial charge in [-0.15, -0.1) is 0 Å². The lowest BCUT2D eigenvalue weighted by Gasteiger charge is -2.03. The minimum absolute atomic E-state index is 0.0898. The number of carbonyl (C=O) groups excluding carboxylic acids is 1. The normalized spacial score (nSPS) is 10.7. The summed E-state index contributed by atoms with van der Waals surface area (Å²) >= 11 is 0. The van der Waals surface area contributed by atoms with Crippen molar-refractivity contribution in [2.45, 2.75) is 0 Å². The molecule has 0 aliphatic heterocycles. The van der Waals surface area contributed by atoms with Crippen LogP contribution in [0.25, 0.3) is 12.2 Å². The third-order valence-corrected chi connectivity index (χ3v) is 2.82. The summed E-state index contributed by atoms with van der Waals surface area (Å²) in [4.78, 5) is 11.3. The van der Waals surface area contributed by atoms with E-state index < -0.39 is 17.4 Å². The molecule has 0 heterocycles. The Bertz CT molecular complexity index is 673. The molecule has 0 amide bonds. The summed E-state index contributed by atoms with van der Waals surface area (Å²) < 4.78 is 27.6. The van der Waals surface area contributed by atoms with Crippen molar-refractivity contribution in [3.63, 3.8) is 0 Å². The predicted molar refractivity (Wildman–Crippen MR) is 76.3 cm³/mol. The minimum atomic E-state index is -1.15. The molecule has 2 aromatic rings. The van der Waals surface area contributed by atoms with Gasteiger partial charge in [-0.1, -0.05) is 55.1 Å². The number of allylic oxidation sites excluding steroid dienone is 1. The largest absolute Gasteiger partial charge is 0.289 e. The van der Waals surface area contributed by atoms with E-state index in [9.17, 15) is 13.6 Å². The molecule has 0 radical (unpaired) electrons. The monoisotopic (exact) mass is 270 g/mol. The quantitative estimate of drug-likeness (QED) is 0.454. The molecule has 20 heavy (non-hydrogen) atoms. The van der Waals surface area contributed by atoms with Gasteiger partial charge in [-0.05, 0) is 17.7 Å². The molecule has 0 unspecified atom stereocenters. The Morgan fingerprint density at radius 3 is 2.30 bits per heavy atom. The standard InChI is InChI=1S/C17H12F2O/c1-2-15(20)14-11-10-13(16(18)17(14)19)9-8-12-6-4-3-5-7-12/h2-11H,1H2. The highest BCUT2D eigenvalue weighted by Gasteiger charge is 2.15. The molecule has 0 atom stereocenters. The molecule has 0 aliphatic rings. The Labute approximate surface area is 115 Å². The van der Waals surface area contributed by atoms with Crippen molar-refractivity contribution in [1.29, 1.82) is 0 Å². The summed E-state index contributed by atoms with van der Waals surface area (Å²) in [5, 5.41) is 0. The summed E-state index contributed by atoms with van der Waals surface area (Å²) in [5.41, 5.74) is 0.653. The molecule has 0 aromatic heterocycles. The fraction of sp³-hybridized carbons (Fsp3) is 0. The van der Waals surface area contributed by atoms with Gasteiger partial charge in [0.1, 0.15) is 0 Å². The first-order valence-electron chi connectivity index (χ1n) is 6.01. The topological polar surface area (TPSA) is 17.1 Å². The van der Waals surface area contributed by atoms with Crippen LogP contribution < -0.4 is 0 Å². The van der Waals surface area contributed by atoms with Gasteiger partial charge in [0.15, 0.2) is 17.4 Å². The molecular formula is C17H12F2O. The van der Waals surface area contributed by atoms with Crippen molar-refractivity contribution in [1.82, 2.24) is 0 Å². The van der Waals surface area contributed by atoms with Crippen molar-refractivity contribution < 1.29 is 13.6 Å². The highest BCUT2D eigenvalue weighted by atomic mass is 19.2. The maximum absolute atomic E-state index is 13.8. The number of hydrogen-bond donors (Lipinski definition) is 0. The van der Waals surface area contributed by atoms with Gasteiger partial charge in [-0.3, -0.25) is 4.79 Å². The summed E-state index contributed by atoms with van der Waals surface area (Å²) in [6.45, 7) is 3.25. The maximum Gasteiger partial charge on any atom is 0.188 e. The fourth-order valence-corrected chi connectivity index (χ4v) is 1.74. The first kappa shape index (κ1) is 13.9. The van der Waals surface area contributed by atoms with Crippen LogP contribution in [0.4, 0.5) is 8.78 Å². The zero-order valence-electron chi connectivity index (χ0n) is 10.6. The Balaban J connectivity index is 2.35. The fourth-order valence-electron chi connectivity index (χ4n) is 1.74. The van der Waals surface area contributed by atoms with Crippen molar-refractivity contribution in [3.8, 4) is 0 Å². The second kappa shape index (κ2) is 6.06. The van der Waals surface area contributed by atoms with Gasteiger partial charge in [0.05, 0.1) is 5.56 Å². The van der Waals surface area contributed by atoms with Crippen LogP contribution in [0.3, 0.4) is 0 Å². The van der Waals surface area contributed by atoms with Crippen LogP contribution in [0.2, 0.25) is 0 Å². The van der Waals surface area contributed by atoms with Gasteiger partial charge in [0.25, 0.3) is 0 Å². The van der Waals surface area contributed by atoms with Gasteiger partial charge >= 0.3 is 0 Å². The van der Waals surface area contributed by atoms with Crippen molar-refractivity contribution in [3.05, 3.63) is 83.4 Å². The summed E-state index contributed by atoms with van der Waals surface area (Å²) in [6, 6.07) is 11.9. The zero-order chi connectivity index (χ0) is 14.5. The number of hydrogen-bond acceptors (Lipinski definition) is 1. The van der Waals surface area contributed by atoms with Gasteiger partial charge in [0.2, 0.25) is 0 Å².